The third-order valence-electron chi connectivity index (χ3n) is 3.65. The topological polar surface area (TPSA) is 76.3 Å². The average Bonchev–Trinajstić information content (AvgIpc) is 3.23. The number of thiophene rings is 1. The van der Waals surface area contributed by atoms with Gasteiger partial charge in [0.2, 0.25) is 5.91 Å². The van der Waals surface area contributed by atoms with Crippen molar-refractivity contribution in [1.82, 2.24) is 9.88 Å². The van der Waals surface area contributed by atoms with Crippen molar-refractivity contribution in [2.24, 2.45) is 5.73 Å². The van der Waals surface area contributed by atoms with Crippen molar-refractivity contribution < 1.29 is 14.0 Å². The van der Waals surface area contributed by atoms with Gasteiger partial charge in [-0.3, -0.25) is 9.59 Å². The molecule has 0 aliphatic rings. The van der Waals surface area contributed by atoms with Crippen LogP contribution in [0.4, 0.5) is 4.39 Å². The second-order valence-electron chi connectivity index (χ2n) is 5.42. The number of nitrogens with zero attached hydrogens (tertiary/aromatic N) is 2. The second-order valence-corrected chi connectivity index (χ2v) is 7.99. The van der Waals surface area contributed by atoms with Gasteiger partial charge in [-0.1, -0.05) is 23.7 Å². The van der Waals surface area contributed by atoms with E-state index in [1.54, 1.807) is 17.5 Å². The van der Waals surface area contributed by atoms with Gasteiger partial charge in [-0.05, 0) is 29.8 Å². The van der Waals surface area contributed by atoms with Crippen LogP contribution in [-0.2, 0) is 4.79 Å². The maximum Gasteiger partial charge on any atom is 0.274 e. The van der Waals surface area contributed by atoms with Gasteiger partial charge in [0.25, 0.3) is 5.91 Å². The quantitative estimate of drug-likeness (QED) is 0.692. The standard InChI is InChI=1S/C17H13ClFN3O2S2/c1-22(14(15(20)23)9-3-2-4-10(19)7-9)17(24)11-8-25-16(21-11)12-5-6-13(18)26-12/h2-8,14H,1H3,(H2,20,23). The predicted octanol–water partition coefficient (Wildman–Crippen LogP) is 3.96. The molecule has 2 aromatic heterocycles. The highest BCUT2D eigenvalue weighted by Gasteiger charge is 2.29. The Labute approximate surface area is 161 Å². The van der Waals surface area contributed by atoms with Crippen molar-refractivity contribution in [2.75, 3.05) is 7.05 Å². The maximum absolute atomic E-state index is 13.5. The van der Waals surface area contributed by atoms with Crippen molar-refractivity contribution in [2.45, 2.75) is 6.04 Å². The van der Waals surface area contributed by atoms with Crippen LogP contribution in [0.3, 0.4) is 0 Å². The molecule has 1 atom stereocenters. The molecule has 0 fully saturated rings. The van der Waals surface area contributed by atoms with E-state index in [0.29, 0.717) is 14.9 Å². The molecule has 0 aliphatic carbocycles. The summed E-state index contributed by atoms with van der Waals surface area (Å²) in [6, 6.07) is 7.91. The first-order chi connectivity index (χ1) is 12.4. The van der Waals surface area contributed by atoms with Gasteiger partial charge in [-0.2, -0.15) is 0 Å². The monoisotopic (exact) mass is 409 g/mol. The zero-order chi connectivity index (χ0) is 18.8. The van der Waals surface area contributed by atoms with E-state index in [2.05, 4.69) is 4.98 Å². The number of primary amides is 1. The number of likely N-dealkylation sites (N-methyl/N-ethyl adjacent to an activating group) is 1. The molecule has 0 radical (unpaired) electrons. The highest BCUT2D eigenvalue weighted by atomic mass is 35.5. The van der Waals surface area contributed by atoms with Crippen molar-refractivity contribution >= 4 is 46.1 Å². The summed E-state index contributed by atoms with van der Waals surface area (Å²) >= 11 is 8.58. The van der Waals surface area contributed by atoms with Crippen molar-refractivity contribution in [3.63, 3.8) is 0 Å². The minimum atomic E-state index is -1.10. The van der Waals surface area contributed by atoms with Gasteiger partial charge in [-0.15, -0.1) is 22.7 Å². The number of amides is 2. The van der Waals surface area contributed by atoms with Crippen LogP contribution in [0.25, 0.3) is 9.88 Å². The summed E-state index contributed by atoms with van der Waals surface area (Å²) in [6.45, 7) is 0. The molecule has 26 heavy (non-hydrogen) atoms. The van der Waals surface area contributed by atoms with E-state index in [1.165, 1.54) is 47.9 Å². The van der Waals surface area contributed by atoms with Gasteiger partial charge in [0.15, 0.2) is 0 Å². The predicted molar refractivity (Wildman–Crippen MR) is 101 cm³/mol. The summed E-state index contributed by atoms with van der Waals surface area (Å²) < 4.78 is 14.1. The number of hydrogen-bond acceptors (Lipinski definition) is 5. The number of thiazole rings is 1. The SMILES string of the molecule is CN(C(=O)c1csc(-c2ccc(Cl)s2)n1)C(C(N)=O)c1cccc(F)c1. The highest BCUT2D eigenvalue weighted by molar-refractivity contribution is 7.23. The summed E-state index contributed by atoms with van der Waals surface area (Å²) in [4.78, 5) is 31.0. The molecule has 1 unspecified atom stereocenters. The third kappa shape index (κ3) is 3.77. The number of carbonyl (C=O) groups excluding carboxylic acids is 2. The molecule has 0 saturated carbocycles. The lowest BCUT2D eigenvalue weighted by atomic mass is 10.0. The third-order valence-corrected chi connectivity index (χ3v) is 5.89. The number of benzene rings is 1. The maximum atomic E-state index is 13.5. The number of halogens is 2. The Morgan fingerprint density at radius 2 is 2.08 bits per heavy atom. The first-order valence-corrected chi connectivity index (χ1v) is 9.47. The number of carbonyl (C=O) groups is 2. The molecule has 134 valence electrons. The fourth-order valence-corrected chi connectivity index (χ4v) is 4.38. The molecular weight excluding hydrogens is 397 g/mol. The summed E-state index contributed by atoms with van der Waals surface area (Å²) in [7, 11) is 1.43. The number of nitrogens with two attached hydrogens (primary N) is 1. The Kier molecular flexibility index (Phi) is 5.36. The molecule has 0 bridgehead atoms. The Hall–Kier alpha value is -2.29. The van der Waals surface area contributed by atoms with Crippen LogP contribution in [0.1, 0.15) is 22.1 Å². The molecule has 0 aliphatic heterocycles. The van der Waals surface area contributed by atoms with E-state index in [1.807, 2.05) is 6.07 Å². The van der Waals surface area contributed by atoms with Crippen molar-refractivity contribution in [3.8, 4) is 9.88 Å². The fourth-order valence-electron chi connectivity index (χ4n) is 2.47. The lowest BCUT2D eigenvalue weighted by Crippen LogP contribution is -2.39. The van der Waals surface area contributed by atoms with E-state index >= 15 is 0 Å². The minimum Gasteiger partial charge on any atom is -0.368 e. The van der Waals surface area contributed by atoms with Gasteiger partial charge in [-0.25, -0.2) is 9.37 Å². The number of hydrogen-bond donors (Lipinski definition) is 1. The summed E-state index contributed by atoms with van der Waals surface area (Å²) in [5, 5.41) is 2.26. The Bertz CT molecular complexity index is 972. The molecule has 0 spiro atoms. The first-order valence-electron chi connectivity index (χ1n) is 7.40. The zero-order valence-corrected chi connectivity index (χ0v) is 15.9. The minimum absolute atomic E-state index is 0.180. The Balaban J connectivity index is 1.88. The summed E-state index contributed by atoms with van der Waals surface area (Å²) in [6.07, 6.45) is 0. The summed E-state index contributed by atoms with van der Waals surface area (Å²) in [5.74, 6) is -1.75. The van der Waals surface area contributed by atoms with Gasteiger partial charge in [0.05, 0.1) is 9.21 Å². The van der Waals surface area contributed by atoms with Crippen molar-refractivity contribution in [3.05, 3.63) is 63.2 Å². The Morgan fingerprint density at radius 3 is 2.69 bits per heavy atom. The van der Waals surface area contributed by atoms with Gasteiger partial charge in [0, 0.05) is 12.4 Å². The molecule has 2 N–H and O–H groups in total. The summed E-state index contributed by atoms with van der Waals surface area (Å²) in [5.41, 5.74) is 5.93. The lowest BCUT2D eigenvalue weighted by Gasteiger charge is -2.25. The van der Waals surface area contributed by atoms with Crippen LogP contribution in [0.15, 0.2) is 41.8 Å². The van der Waals surface area contributed by atoms with Crippen LogP contribution in [0.2, 0.25) is 4.34 Å². The molecule has 5 nitrogen and oxygen atoms in total. The molecular formula is C17H13ClFN3O2S2. The molecule has 1 aromatic carbocycles. The molecule has 3 rings (SSSR count). The zero-order valence-electron chi connectivity index (χ0n) is 13.5. The van der Waals surface area contributed by atoms with Gasteiger partial charge < -0.3 is 10.6 Å². The number of rotatable bonds is 5. The van der Waals surface area contributed by atoms with E-state index in [4.69, 9.17) is 17.3 Å². The number of aromatic nitrogens is 1. The molecule has 0 saturated heterocycles. The molecule has 2 amide bonds. The smallest absolute Gasteiger partial charge is 0.274 e. The van der Waals surface area contributed by atoms with Crippen molar-refractivity contribution in [1.29, 1.82) is 0 Å². The molecule has 3 aromatic rings. The molecule has 2 heterocycles. The van der Waals surface area contributed by atoms with E-state index < -0.39 is 23.7 Å². The lowest BCUT2D eigenvalue weighted by molar-refractivity contribution is -0.122. The van der Waals surface area contributed by atoms with E-state index in [0.717, 1.165) is 9.78 Å². The van der Waals surface area contributed by atoms with E-state index in [9.17, 15) is 14.0 Å². The average molecular weight is 410 g/mol. The van der Waals surface area contributed by atoms with Gasteiger partial charge in [0.1, 0.15) is 22.6 Å². The van der Waals surface area contributed by atoms with Crippen LogP contribution in [0, 0.1) is 5.82 Å². The van der Waals surface area contributed by atoms with E-state index in [-0.39, 0.29) is 5.69 Å². The molecule has 9 heteroatoms. The normalized spacial score (nSPS) is 12.0. The van der Waals surface area contributed by atoms with Gasteiger partial charge >= 0.3 is 0 Å². The van der Waals surface area contributed by atoms with Crippen LogP contribution < -0.4 is 5.73 Å². The van der Waals surface area contributed by atoms with Crippen LogP contribution >= 0.6 is 34.3 Å². The van der Waals surface area contributed by atoms with Crippen LogP contribution in [-0.4, -0.2) is 28.7 Å². The Morgan fingerprint density at radius 1 is 1.31 bits per heavy atom. The largest absolute Gasteiger partial charge is 0.368 e. The highest BCUT2D eigenvalue weighted by Crippen LogP contribution is 2.33. The fraction of sp³-hybridized carbons (Fsp3) is 0.118. The second kappa shape index (κ2) is 7.53. The van der Waals surface area contributed by atoms with Crippen LogP contribution in [0.5, 0.6) is 0 Å². The first kappa shape index (κ1) is 18.5.